The molecule has 1 aromatic heterocycles. The molecule has 0 bridgehead atoms. The van der Waals surface area contributed by atoms with Gasteiger partial charge in [0.2, 0.25) is 5.91 Å². The second-order valence-corrected chi connectivity index (χ2v) is 8.16. The van der Waals surface area contributed by atoms with Crippen LogP contribution in [0.1, 0.15) is 47.1 Å². The van der Waals surface area contributed by atoms with E-state index in [9.17, 15) is 9.59 Å². The lowest BCUT2D eigenvalue weighted by Gasteiger charge is -2.10. The van der Waals surface area contributed by atoms with E-state index in [2.05, 4.69) is 21.2 Å². The summed E-state index contributed by atoms with van der Waals surface area (Å²) in [6.45, 7) is 7.55. The van der Waals surface area contributed by atoms with Crippen molar-refractivity contribution in [1.82, 2.24) is 0 Å². The summed E-state index contributed by atoms with van der Waals surface area (Å²) in [6, 6.07) is 7.63. The molecule has 2 aromatic rings. The zero-order valence-electron chi connectivity index (χ0n) is 15.3. The van der Waals surface area contributed by atoms with E-state index in [1.54, 1.807) is 6.08 Å². The molecule has 0 atom stereocenters. The summed E-state index contributed by atoms with van der Waals surface area (Å²) < 4.78 is 6.33. The van der Waals surface area contributed by atoms with Crippen LogP contribution in [0.2, 0.25) is 0 Å². The fraction of sp³-hybridized carbons (Fsp3) is 0.300. The summed E-state index contributed by atoms with van der Waals surface area (Å²) >= 11 is 4.78. The number of hydrogen-bond acceptors (Lipinski definition) is 4. The summed E-state index contributed by atoms with van der Waals surface area (Å²) in [5.41, 5.74) is 2.31. The molecular formula is C20H22BrNO3S. The third kappa shape index (κ3) is 5.29. The van der Waals surface area contributed by atoms with Crippen molar-refractivity contribution in [2.24, 2.45) is 0 Å². The van der Waals surface area contributed by atoms with Gasteiger partial charge in [0, 0.05) is 15.4 Å². The summed E-state index contributed by atoms with van der Waals surface area (Å²) in [7, 11) is 0. The van der Waals surface area contributed by atoms with Gasteiger partial charge >= 0.3 is 5.97 Å². The average Bonchev–Trinajstić information content (AvgIpc) is 2.88. The Morgan fingerprint density at radius 1 is 1.27 bits per heavy atom. The highest BCUT2D eigenvalue weighted by atomic mass is 79.9. The van der Waals surface area contributed by atoms with E-state index in [-0.39, 0.29) is 12.0 Å². The fourth-order valence-electron chi connectivity index (χ4n) is 2.48. The van der Waals surface area contributed by atoms with Crippen molar-refractivity contribution in [3.05, 3.63) is 56.4 Å². The SMILES string of the molecule is CCc1c(C)sc(NC(=O)/C=C/c2ccc(Br)cc2)c1C(=O)OC(C)C. The molecule has 0 saturated carbocycles. The second-order valence-electron chi connectivity index (χ2n) is 6.02. The molecule has 138 valence electrons. The first-order chi connectivity index (χ1) is 12.3. The molecule has 0 aliphatic rings. The minimum atomic E-state index is -0.395. The third-order valence-electron chi connectivity index (χ3n) is 3.64. The van der Waals surface area contributed by atoms with Crippen LogP contribution in [0.15, 0.2) is 34.8 Å². The monoisotopic (exact) mass is 435 g/mol. The highest BCUT2D eigenvalue weighted by molar-refractivity contribution is 9.10. The van der Waals surface area contributed by atoms with E-state index in [4.69, 9.17) is 4.74 Å². The zero-order valence-corrected chi connectivity index (χ0v) is 17.7. The highest BCUT2D eigenvalue weighted by Crippen LogP contribution is 2.34. The van der Waals surface area contributed by atoms with Crippen LogP contribution in [-0.4, -0.2) is 18.0 Å². The number of anilines is 1. The van der Waals surface area contributed by atoms with Gasteiger partial charge in [0.15, 0.2) is 0 Å². The van der Waals surface area contributed by atoms with Crippen LogP contribution in [0.4, 0.5) is 5.00 Å². The standard InChI is InChI=1S/C20H22BrNO3S/c1-5-16-13(4)26-19(18(16)20(24)25-12(2)3)22-17(23)11-8-14-6-9-15(21)10-7-14/h6-12H,5H2,1-4H3,(H,22,23)/b11-8+. The number of carbonyl (C=O) groups excluding carboxylic acids is 2. The Morgan fingerprint density at radius 3 is 2.50 bits per heavy atom. The Morgan fingerprint density at radius 2 is 1.92 bits per heavy atom. The number of ether oxygens (including phenoxy) is 1. The predicted molar refractivity (Wildman–Crippen MR) is 111 cm³/mol. The molecule has 0 aliphatic heterocycles. The molecule has 0 fully saturated rings. The van der Waals surface area contributed by atoms with Crippen LogP contribution in [0.5, 0.6) is 0 Å². The summed E-state index contributed by atoms with van der Waals surface area (Å²) in [6.07, 6.45) is 3.68. The maximum atomic E-state index is 12.5. The molecule has 1 amide bonds. The predicted octanol–water partition coefficient (Wildman–Crippen LogP) is 5.60. The lowest BCUT2D eigenvalue weighted by molar-refractivity contribution is -0.111. The number of rotatable bonds is 6. The first kappa shape index (κ1) is 20.4. The molecular weight excluding hydrogens is 414 g/mol. The number of amides is 1. The van der Waals surface area contributed by atoms with E-state index in [0.29, 0.717) is 17.0 Å². The maximum Gasteiger partial charge on any atom is 0.341 e. The molecule has 2 rings (SSSR count). The highest BCUT2D eigenvalue weighted by Gasteiger charge is 2.23. The number of aryl methyl sites for hydroxylation is 1. The van der Waals surface area contributed by atoms with E-state index >= 15 is 0 Å². The summed E-state index contributed by atoms with van der Waals surface area (Å²) in [5.74, 6) is -0.677. The van der Waals surface area contributed by atoms with Gasteiger partial charge in [-0.05, 0) is 56.5 Å². The van der Waals surface area contributed by atoms with E-state index in [1.165, 1.54) is 17.4 Å². The Balaban J connectivity index is 2.21. The first-order valence-corrected chi connectivity index (χ1v) is 10.0. The van der Waals surface area contributed by atoms with E-state index in [1.807, 2.05) is 52.0 Å². The molecule has 26 heavy (non-hydrogen) atoms. The number of thiophene rings is 1. The summed E-state index contributed by atoms with van der Waals surface area (Å²) in [5, 5.41) is 3.36. The van der Waals surface area contributed by atoms with Crippen molar-refractivity contribution in [3.8, 4) is 0 Å². The van der Waals surface area contributed by atoms with Crippen LogP contribution in [0.25, 0.3) is 6.08 Å². The Hall–Kier alpha value is -1.92. The second kappa shape index (κ2) is 9.14. The molecule has 4 nitrogen and oxygen atoms in total. The number of halogens is 1. The van der Waals surface area contributed by atoms with Crippen molar-refractivity contribution in [3.63, 3.8) is 0 Å². The molecule has 0 unspecified atom stereocenters. The number of nitrogens with one attached hydrogen (secondary N) is 1. The van der Waals surface area contributed by atoms with Crippen LogP contribution in [-0.2, 0) is 16.0 Å². The zero-order chi connectivity index (χ0) is 19.3. The smallest absolute Gasteiger partial charge is 0.341 e. The molecule has 1 aromatic carbocycles. The molecule has 1 heterocycles. The van der Waals surface area contributed by atoms with Crippen LogP contribution in [0.3, 0.4) is 0 Å². The molecule has 0 spiro atoms. The van der Waals surface area contributed by atoms with Crippen molar-refractivity contribution in [2.45, 2.75) is 40.2 Å². The topological polar surface area (TPSA) is 55.4 Å². The van der Waals surface area contributed by atoms with Gasteiger partial charge in [-0.25, -0.2) is 4.79 Å². The molecule has 6 heteroatoms. The Bertz CT molecular complexity index is 822. The first-order valence-electron chi connectivity index (χ1n) is 8.39. The normalized spacial score (nSPS) is 11.2. The van der Waals surface area contributed by atoms with Crippen molar-refractivity contribution in [1.29, 1.82) is 0 Å². The molecule has 0 saturated heterocycles. The van der Waals surface area contributed by atoms with Crippen LogP contribution < -0.4 is 5.32 Å². The molecule has 0 aliphatic carbocycles. The van der Waals surface area contributed by atoms with Gasteiger partial charge in [-0.2, -0.15) is 0 Å². The minimum absolute atomic E-state index is 0.215. The van der Waals surface area contributed by atoms with Gasteiger partial charge in [-0.1, -0.05) is 35.0 Å². The van der Waals surface area contributed by atoms with E-state index < -0.39 is 5.97 Å². The van der Waals surface area contributed by atoms with Crippen molar-refractivity contribution in [2.75, 3.05) is 5.32 Å². The number of esters is 1. The van der Waals surface area contributed by atoms with Gasteiger partial charge in [-0.15, -0.1) is 11.3 Å². The lowest BCUT2D eigenvalue weighted by atomic mass is 10.1. The van der Waals surface area contributed by atoms with Gasteiger partial charge in [0.1, 0.15) is 5.00 Å². The number of benzene rings is 1. The maximum absolute atomic E-state index is 12.5. The van der Waals surface area contributed by atoms with Gasteiger partial charge in [0.05, 0.1) is 11.7 Å². The van der Waals surface area contributed by atoms with Gasteiger partial charge in [0.25, 0.3) is 0 Å². The fourth-order valence-corrected chi connectivity index (χ4v) is 3.88. The Kier molecular flexibility index (Phi) is 7.17. The average molecular weight is 436 g/mol. The van der Waals surface area contributed by atoms with E-state index in [0.717, 1.165) is 20.5 Å². The Labute approximate surface area is 166 Å². The third-order valence-corrected chi connectivity index (χ3v) is 5.23. The van der Waals surface area contributed by atoms with Crippen molar-refractivity contribution >= 4 is 50.2 Å². The number of carbonyl (C=O) groups is 2. The summed E-state index contributed by atoms with van der Waals surface area (Å²) in [4.78, 5) is 25.8. The van der Waals surface area contributed by atoms with Crippen molar-refractivity contribution < 1.29 is 14.3 Å². The van der Waals surface area contributed by atoms with Gasteiger partial charge in [-0.3, -0.25) is 4.79 Å². The lowest BCUT2D eigenvalue weighted by Crippen LogP contribution is -2.16. The van der Waals surface area contributed by atoms with Gasteiger partial charge < -0.3 is 10.1 Å². The van der Waals surface area contributed by atoms with Crippen LogP contribution >= 0.6 is 27.3 Å². The number of hydrogen-bond donors (Lipinski definition) is 1. The molecule has 1 N–H and O–H groups in total. The quantitative estimate of drug-likeness (QED) is 0.474. The molecule has 0 radical (unpaired) electrons. The van der Waals surface area contributed by atoms with Crippen LogP contribution in [0, 0.1) is 6.92 Å². The largest absolute Gasteiger partial charge is 0.459 e. The minimum Gasteiger partial charge on any atom is -0.459 e.